The van der Waals surface area contributed by atoms with Crippen LogP contribution in [0.5, 0.6) is 0 Å². The Labute approximate surface area is 130 Å². The normalized spacial score (nSPS) is 16.7. The molecule has 1 saturated carbocycles. The fourth-order valence-corrected chi connectivity index (χ4v) is 3.97. The SMILES string of the molecule is CN(CCCNc1ncnc2ccsc12)C1CCCCC1. The van der Waals surface area contributed by atoms with Crippen molar-refractivity contribution in [3.05, 3.63) is 17.8 Å². The third-order valence-electron chi connectivity index (χ3n) is 4.42. The molecular formula is C16H24N4S. The van der Waals surface area contributed by atoms with Gasteiger partial charge < -0.3 is 10.2 Å². The molecule has 2 heterocycles. The maximum atomic E-state index is 4.36. The number of fused-ring (bicyclic) bond motifs is 1. The highest BCUT2D eigenvalue weighted by molar-refractivity contribution is 7.17. The van der Waals surface area contributed by atoms with Crippen molar-refractivity contribution in [3.8, 4) is 0 Å². The topological polar surface area (TPSA) is 41.0 Å². The molecule has 0 saturated heterocycles. The average Bonchev–Trinajstić information content (AvgIpc) is 3.01. The van der Waals surface area contributed by atoms with E-state index in [2.05, 4.69) is 32.6 Å². The van der Waals surface area contributed by atoms with Gasteiger partial charge in [0.1, 0.15) is 12.1 Å². The number of nitrogens with zero attached hydrogens (tertiary/aromatic N) is 3. The van der Waals surface area contributed by atoms with Crippen molar-refractivity contribution in [3.63, 3.8) is 0 Å². The molecule has 1 N–H and O–H groups in total. The summed E-state index contributed by atoms with van der Waals surface area (Å²) in [4.78, 5) is 11.2. The van der Waals surface area contributed by atoms with Crippen LogP contribution in [0.25, 0.3) is 10.2 Å². The van der Waals surface area contributed by atoms with Crippen LogP contribution < -0.4 is 5.32 Å². The lowest BCUT2D eigenvalue weighted by Gasteiger charge is -2.31. The van der Waals surface area contributed by atoms with Crippen molar-refractivity contribution in [2.45, 2.75) is 44.6 Å². The number of anilines is 1. The molecule has 2 aromatic heterocycles. The second kappa shape index (κ2) is 7.18. The summed E-state index contributed by atoms with van der Waals surface area (Å²) in [7, 11) is 2.28. The smallest absolute Gasteiger partial charge is 0.147 e. The van der Waals surface area contributed by atoms with Gasteiger partial charge in [0.15, 0.2) is 0 Å². The molecule has 0 unspecified atom stereocenters. The first-order valence-electron chi connectivity index (χ1n) is 7.97. The second-order valence-corrected chi connectivity index (χ2v) is 6.83. The molecule has 21 heavy (non-hydrogen) atoms. The lowest BCUT2D eigenvalue weighted by molar-refractivity contribution is 0.191. The first-order valence-corrected chi connectivity index (χ1v) is 8.85. The molecule has 4 nitrogen and oxygen atoms in total. The maximum Gasteiger partial charge on any atom is 0.147 e. The van der Waals surface area contributed by atoms with Crippen molar-refractivity contribution < 1.29 is 0 Å². The van der Waals surface area contributed by atoms with Gasteiger partial charge in [-0.3, -0.25) is 0 Å². The fourth-order valence-electron chi connectivity index (χ4n) is 3.15. The summed E-state index contributed by atoms with van der Waals surface area (Å²) < 4.78 is 1.16. The van der Waals surface area contributed by atoms with Gasteiger partial charge >= 0.3 is 0 Å². The van der Waals surface area contributed by atoms with Crippen molar-refractivity contribution >= 4 is 27.4 Å². The van der Waals surface area contributed by atoms with Gasteiger partial charge in [0.2, 0.25) is 0 Å². The van der Waals surface area contributed by atoms with Crippen LogP contribution in [-0.4, -0.2) is 41.0 Å². The Balaban J connectivity index is 1.44. The molecule has 1 aliphatic carbocycles. The zero-order chi connectivity index (χ0) is 14.5. The molecule has 1 aliphatic rings. The standard InChI is InChI=1S/C16H24N4S/c1-20(13-6-3-2-4-7-13)10-5-9-17-16-15-14(8-11-21-15)18-12-19-16/h8,11-13H,2-7,9-10H2,1H3,(H,17,18,19). The highest BCUT2D eigenvalue weighted by atomic mass is 32.1. The number of hydrogen-bond acceptors (Lipinski definition) is 5. The van der Waals surface area contributed by atoms with Crippen LogP contribution in [0.4, 0.5) is 5.82 Å². The van der Waals surface area contributed by atoms with Crippen LogP contribution in [0, 0.1) is 0 Å². The summed E-state index contributed by atoms with van der Waals surface area (Å²) in [5, 5.41) is 5.54. The average molecular weight is 304 g/mol. The first-order chi connectivity index (χ1) is 10.3. The van der Waals surface area contributed by atoms with Gasteiger partial charge in [-0.2, -0.15) is 0 Å². The van der Waals surface area contributed by atoms with Gasteiger partial charge in [-0.25, -0.2) is 9.97 Å². The van der Waals surface area contributed by atoms with Gasteiger partial charge in [-0.05, 0) is 44.3 Å². The molecule has 5 heteroatoms. The van der Waals surface area contributed by atoms with Gasteiger partial charge in [0.25, 0.3) is 0 Å². The zero-order valence-electron chi connectivity index (χ0n) is 12.7. The molecule has 114 valence electrons. The molecule has 3 rings (SSSR count). The van der Waals surface area contributed by atoms with Crippen molar-refractivity contribution in [1.29, 1.82) is 0 Å². The Kier molecular flexibility index (Phi) is 5.04. The zero-order valence-corrected chi connectivity index (χ0v) is 13.5. The molecule has 0 amide bonds. The highest BCUT2D eigenvalue weighted by Gasteiger charge is 2.17. The summed E-state index contributed by atoms with van der Waals surface area (Å²) in [5.41, 5.74) is 1.04. The highest BCUT2D eigenvalue weighted by Crippen LogP contribution is 2.25. The van der Waals surface area contributed by atoms with E-state index in [4.69, 9.17) is 0 Å². The van der Waals surface area contributed by atoms with Crippen LogP contribution in [0.1, 0.15) is 38.5 Å². The molecule has 0 spiro atoms. The van der Waals surface area contributed by atoms with Crippen LogP contribution >= 0.6 is 11.3 Å². The van der Waals surface area contributed by atoms with Gasteiger partial charge in [-0.1, -0.05) is 19.3 Å². The molecule has 2 aromatic rings. The lowest BCUT2D eigenvalue weighted by atomic mass is 9.94. The van der Waals surface area contributed by atoms with E-state index < -0.39 is 0 Å². The van der Waals surface area contributed by atoms with E-state index in [0.717, 1.165) is 41.6 Å². The van der Waals surface area contributed by atoms with Gasteiger partial charge in [0, 0.05) is 12.6 Å². The van der Waals surface area contributed by atoms with E-state index in [1.54, 1.807) is 17.7 Å². The fraction of sp³-hybridized carbons (Fsp3) is 0.625. The monoisotopic (exact) mass is 304 g/mol. The largest absolute Gasteiger partial charge is 0.369 e. The van der Waals surface area contributed by atoms with E-state index >= 15 is 0 Å². The third-order valence-corrected chi connectivity index (χ3v) is 5.33. The van der Waals surface area contributed by atoms with Gasteiger partial charge in [0.05, 0.1) is 10.2 Å². The first kappa shape index (κ1) is 14.7. The van der Waals surface area contributed by atoms with E-state index in [1.807, 2.05) is 6.07 Å². The molecule has 0 bridgehead atoms. The number of aromatic nitrogens is 2. The molecule has 0 aromatic carbocycles. The molecular weight excluding hydrogens is 280 g/mol. The summed E-state index contributed by atoms with van der Waals surface area (Å²) in [6.07, 6.45) is 9.80. The third kappa shape index (κ3) is 3.71. The van der Waals surface area contributed by atoms with E-state index in [1.165, 1.54) is 32.1 Å². The number of thiophene rings is 1. The minimum absolute atomic E-state index is 0.807. The quantitative estimate of drug-likeness (QED) is 0.825. The maximum absolute atomic E-state index is 4.36. The minimum Gasteiger partial charge on any atom is -0.369 e. The molecule has 0 atom stereocenters. The Morgan fingerprint density at radius 1 is 1.29 bits per heavy atom. The van der Waals surface area contributed by atoms with E-state index in [-0.39, 0.29) is 0 Å². The van der Waals surface area contributed by atoms with Crippen molar-refractivity contribution in [2.24, 2.45) is 0 Å². The van der Waals surface area contributed by atoms with Crippen LogP contribution in [-0.2, 0) is 0 Å². The van der Waals surface area contributed by atoms with Crippen molar-refractivity contribution in [1.82, 2.24) is 14.9 Å². The molecule has 0 radical (unpaired) electrons. The van der Waals surface area contributed by atoms with Crippen LogP contribution in [0.2, 0.25) is 0 Å². The van der Waals surface area contributed by atoms with Crippen LogP contribution in [0.15, 0.2) is 17.8 Å². The number of nitrogens with one attached hydrogen (secondary N) is 1. The number of hydrogen-bond donors (Lipinski definition) is 1. The summed E-state index contributed by atoms with van der Waals surface area (Å²) in [6, 6.07) is 2.85. The molecule has 1 fully saturated rings. The Bertz CT molecular complexity index is 562. The second-order valence-electron chi connectivity index (χ2n) is 5.91. The van der Waals surface area contributed by atoms with Crippen molar-refractivity contribution in [2.75, 3.05) is 25.5 Å². The summed E-state index contributed by atoms with van der Waals surface area (Å²) in [6.45, 7) is 2.14. The lowest BCUT2D eigenvalue weighted by Crippen LogP contribution is -2.34. The minimum atomic E-state index is 0.807. The summed E-state index contributed by atoms with van der Waals surface area (Å²) in [5.74, 6) is 0.982. The Morgan fingerprint density at radius 3 is 3.00 bits per heavy atom. The number of rotatable bonds is 6. The van der Waals surface area contributed by atoms with E-state index in [9.17, 15) is 0 Å². The predicted molar refractivity (Wildman–Crippen MR) is 90.0 cm³/mol. The van der Waals surface area contributed by atoms with Crippen LogP contribution in [0.3, 0.4) is 0 Å². The predicted octanol–water partition coefficient (Wildman–Crippen LogP) is 3.76. The Hall–Kier alpha value is -1.20. The van der Waals surface area contributed by atoms with E-state index in [0.29, 0.717) is 0 Å². The Morgan fingerprint density at radius 2 is 2.14 bits per heavy atom. The molecule has 0 aliphatic heterocycles. The summed E-state index contributed by atoms with van der Waals surface area (Å²) >= 11 is 1.70. The van der Waals surface area contributed by atoms with Gasteiger partial charge in [-0.15, -0.1) is 11.3 Å².